The number of aliphatic hydroxyl groups excluding tert-OH is 1. The molecule has 0 bridgehead atoms. The molecule has 0 radical (unpaired) electrons. The molecule has 0 saturated carbocycles. The summed E-state index contributed by atoms with van der Waals surface area (Å²) in [5, 5.41) is 13.3. The maximum absolute atomic E-state index is 8.86. The van der Waals surface area contributed by atoms with Crippen LogP contribution in [0.1, 0.15) is 24.5 Å². The van der Waals surface area contributed by atoms with Crippen molar-refractivity contribution in [2.24, 2.45) is 0 Å². The number of hydrogen-bond donors (Lipinski definition) is 2. The second-order valence-corrected chi connectivity index (χ2v) is 7.23. The zero-order valence-corrected chi connectivity index (χ0v) is 17.6. The number of halogens is 3. The van der Waals surface area contributed by atoms with Gasteiger partial charge in [0.25, 0.3) is 0 Å². The quantitative estimate of drug-likeness (QED) is 0.476. The lowest BCUT2D eigenvalue weighted by Crippen LogP contribution is -2.16. The molecule has 0 spiro atoms. The Hall–Kier alpha value is -0.980. The van der Waals surface area contributed by atoms with Gasteiger partial charge in [0.2, 0.25) is 0 Å². The fourth-order valence-corrected chi connectivity index (χ4v) is 3.31. The van der Waals surface area contributed by atoms with Crippen molar-refractivity contribution in [3.8, 4) is 11.5 Å². The van der Waals surface area contributed by atoms with E-state index in [0.717, 1.165) is 28.6 Å². The van der Waals surface area contributed by atoms with Gasteiger partial charge in [-0.05, 0) is 49.7 Å². The van der Waals surface area contributed by atoms with Crippen LogP contribution in [-0.2, 0) is 13.2 Å². The summed E-state index contributed by atoms with van der Waals surface area (Å²) in [6.07, 6.45) is 0.718. The summed E-state index contributed by atoms with van der Waals surface area (Å²) in [5.41, 5.74) is 1.79. The van der Waals surface area contributed by atoms with Crippen molar-refractivity contribution in [2.75, 3.05) is 19.8 Å². The van der Waals surface area contributed by atoms with Crippen molar-refractivity contribution in [3.05, 3.63) is 56.0 Å². The van der Waals surface area contributed by atoms with E-state index in [2.05, 4.69) is 21.2 Å². The standard InChI is InChI=1S/C19H22BrCl2NO3/c1-2-25-18-9-13(11-23-7-4-8-24)15(20)10-19(18)26-12-14-16(21)5-3-6-17(14)22/h3,5-6,9-10,23-24H,2,4,7-8,11-12H2,1H3. The highest BCUT2D eigenvalue weighted by molar-refractivity contribution is 9.10. The van der Waals surface area contributed by atoms with Crippen molar-refractivity contribution in [3.63, 3.8) is 0 Å². The molecule has 142 valence electrons. The molecule has 2 N–H and O–H groups in total. The first-order valence-electron chi connectivity index (χ1n) is 8.39. The number of rotatable bonds is 10. The summed E-state index contributed by atoms with van der Waals surface area (Å²) < 4.78 is 12.6. The lowest BCUT2D eigenvalue weighted by atomic mass is 10.2. The molecule has 0 aliphatic rings. The van der Waals surface area contributed by atoms with Crippen LogP contribution in [0.3, 0.4) is 0 Å². The molecule has 0 amide bonds. The van der Waals surface area contributed by atoms with Crippen LogP contribution >= 0.6 is 39.1 Å². The normalized spacial score (nSPS) is 10.8. The number of hydrogen-bond acceptors (Lipinski definition) is 4. The Morgan fingerprint density at radius 2 is 1.81 bits per heavy atom. The van der Waals surface area contributed by atoms with E-state index in [1.807, 2.05) is 19.1 Å². The van der Waals surface area contributed by atoms with Crippen LogP contribution in [0, 0.1) is 0 Å². The van der Waals surface area contributed by atoms with E-state index in [0.29, 0.717) is 34.7 Å². The molecule has 0 heterocycles. The highest BCUT2D eigenvalue weighted by Gasteiger charge is 2.13. The minimum atomic E-state index is 0.176. The average Bonchev–Trinajstić information content (AvgIpc) is 2.61. The van der Waals surface area contributed by atoms with E-state index in [9.17, 15) is 0 Å². The molecule has 0 aliphatic carbocycles. The monoisotopic (exact) mass is 461 g/mol. The summed E-state index contributed by atoms with van der Waals surface area (Å²) in [7, 11) is 0. The van der Waals surface area contributed by atoms with Gasteiger partial charge in [-0.3, -0.25) is 0 Å². The van der Waals surface area contributed by atoms with Gasteiger partial charge in [-0.25, -0.2) is 0 Å². The average molecular weight is 463 g/mol. The van der Waals surface area contributed by atoms with E-state index in [-0.39, 0.29) is 13.2 Å². The van der Waals surface area contributed by atoms with Crippen LogP contribution in [0.25, 0.3) is 0 Å². The lowest BCUT2D eigenvalue weighted by Gasteiger charge is -2.16. The Morgan fingerprint density at radius 1 is 1.12 bits per heavy atom. The third kappa shape index (κ3) is 6.03. The van der Waals surface area contributed by atoms with Gasteiger partial charge < -0.3 is 19.9 Å². The highest BCUT2D eigenvalue weighted by atomic mass is 79.9. The Bertz CT molecular complexity index is 708. The summed E-state index contributed by atoms with van der Waals surface area (Å²) in [5.74, 6) is 1.28. The molecule has 0 saturated heterocycles. The first kappa shape index (κ1) is 21.3. The molecule has 0 atom stereocenters. The summed E-state index contributed by atoms with van der Waals surface area (Å²) in [6, 6.07) is 9.20. The molecule has 26 heavy (non-hydrogen) atoms. The number of aliphatic hydroxyl groups is 1. The van der Waals surface area contributed by atoms with Crippen LogP contribution in [0.5, 0.6) is 11.5 Å². The zero-order chi connectivity index (χ0) is 18.9. The van der Waals surface area contributed by atoms with Gasteiger partial charge in [0.15, 0.2) is 11.5 Å². The van der Waals surface area contributed by atoms with E-state index in [1.54, 1.807) is 18.2 Å². The van der Waals surface area contributed by atoms with Crippen molar-refractivity contribution >= 4 is 39.1 Å². The number of ether oxygens (including phenoxy) is 2. The molecule has 0 unspecified atom stereocenters. The predicted molar refractivity (Wildman–Crippen MR) is 110 cm³/mol. The Balaban J connectivity index is 2.15. The third-order valence-electron chi connectivity index (χ3n) is 3.67. The van der Waals surface area contributed by atoms with Gasteiger partial charge in [-0.1, -0.05) is 45.2 Å². The molecule has 0 aliphatic heterocycles. The van der Waals surface area contributed by atoms with Gasteiger partial charge in [-0.2, -0.15) is 0 Å². The predicted octanol–water partition coefficient (Wildman–Crippen LogP) is 5.21. The maximum Gasteiger partial charge on any atom is 0.162 e. The van der Waals surface area contributed by atoms with Gasteiger partial charge in [0, 0.05) is 33.2 Å². The lowest BCUT2D eigenvalue weighted by molar-refractivity contribution is 0.269. The SMILES string of the molecule is CCOc1cc(CNCCCO)c(Br)cc1OCc1c(Cl)cccc1Cl. The van der Waals surface area contributed by atoms with Crippen LogP contribution in [0.4, 0.5) is 0 Å². The number of nitrogens with one attached hydrogen (secondary N) is 1. The summed E-state index contributed by atoms with van der Waals surface area (Å²) in [6.45, 7) is 4.29. The van der Waals surface area contributed by atoms with Gasteiger partial charge in [0.1, 0.15) is 6.61 Å². The molecule has 0 aromatic heterocycles. The van der Waals surface area contributed by atoms with Crippen LogP contribution in [0.2, 0.25) is 10.0 Å². The topological polar surface area (TPSA) is 50.7 Å². The highest BCUT2D eigenvalue weighted by Crippen LogP contribution is 2.35. The maximum atomic E-state index is 8.86. The minimum Gasteiger partial charge on any atom is -0.490 e. The molecule has 0 fully saturated rings. The molecule has 4 nitrogen and oxygen atoms in total. The molecule has 7 heteroatoms. The first-order chi connectivity index (χ1) is 12.6. The molecular weight excluding hydrogens is 441 g/mol. The Morgan fingerprint density at radius 3 is 2.46 bits per heavy atom. The molecule has 2 aromatic carbocycles. The molecule has 2 rings (SSSR count). The minimum absolute atomic E-state index is 0.176. The van der Waals surface area contributed by atoms with Crippen molar-refractivity contribution < 1.29 is 14.6 Å². The van der Waals surface area contributed by atoms with E-state index >= 15 is 0 Å². The van der Waals surface area contributed by atoms with Gasteiger partial charge in [-0.15, -0.1) is 0 Å². The summed E-state index contributed by atoms with van der Waals surface area (Å²) >= 11 is 16.0. The van der Waals surface area contributed by atoms with E-state index in [4.69, 9.17) is 37.8 Å². The number of benzene rings is 2. The third-order valence-corrected chi connectivity index (χ3v) is 5.12. The molecular formula is C19H22BrCl2NO3. The van der Waals surface area contributed by atoms with Gasteiger partial charge >= 0.3 is 0 Å². The fraction of sp³-hybridized carbons (Fsp3) is 0.368. The zero-order valence-electron chi connectivity index (χ0n) is 14.5. The van der Waals surface area contributed by atoms with Gasteiger partial charge in [0.05, 0.1) is 6.61 Å². The van der Waals surface area contributed by atoms with Crippen LogP contribution < -0.4 is 14.8 Å². The van der Waals surface area contributed by atoms with Crippen molar-refractivity contribution in [2.45, 2.75) is 26.5 Å². The Kier molecular flexibility index (Phi) is 9.02. The second-order valence-electron chi connectivity index (χ2n) is 5.57. The second kappa shape index (κ2) is 11.0. The van der Waals surface area contributed by atoms with Crippen LogP contribution in [-0.4, -0.2) is 24.9 Å². The molecule has 2 aromatic rings. The van der Waals surface area contributed by atoms with Crippen molar-refractivity contribution in [1.29, 1.82) is 0 Å². The first-order valence-corrected chi connectivity index (χ1v) is 9.94. The summed E-state index contributed by atoms with van der Waals surface area (Å²) in [4.78, 5) is 0. The fourth-order valence-electron chi connectivity index (χ4n) is 2.34. The van der Waals surface area contributed by atoms with E-state index in [1.165, 1.54) is 0 Å². The largest absolute Gasteiger partial charge is 0.490 e. The smallest absolute Gasteiger partial charge is 0.162 e. The Labute approximate surface area is 172 Å². The van der Waals surface area contributed by atoms with Crippen molar-refractivity contribution in [1.82, 2.24) is 5.32 Å². The van der Waals surface area contributed by atoms with E-state index < -0.39 is 0 Å². The van der Waals surface area contributed by atoms with Crippen LogP contribution in [0.15, 0.2) is 34.8 Å².